The number of H-pyrrole nitrogens is 1. The average molecular weight is 340 g/mol. The van der Waals surface area contributed by atoms with E-state index in [1.54, 1.807) is 28.9 Å². The lowest BCUT2D eigenvalue weighted by Gasteiger charge is -2.03. The lowest BCUT2D eigenvalue weighted by atomic mass is 10.2. The number of hydrogen-bond donors (Lipinski definition) is 2. The Hall–Kier alpha value is -2.51. The molecular formula is C16H12N4OS2. The van der Waals surface area contributed by atoms with Crippen molar-refractivity contribution in [1.29, 1.82) is 0 Å². The Kier molecular flexibility index (Phi) is 3.64. The molecule has 114 valence electrons. The molecule has 4 rings (SSSR count). The van der Waals surface area contributed by atoms with Gasteiger partial charge in [-0.3, -0.25) is 9.89 Å². The molecule has 0 bridgehead atoms. The summed E-state index contributed by atoms with van der Waals surface area (Å²) < 4.78 is 0. The number of anilines is 1. The number of nitrogens with zero attached hydrogens (tertiary/aromatic N) is 2. The molecule has 3 heterocycles. The Bertz CT molecular complexity index is 955. The fraction of sp³-hybridized carbons (Fsp3) is 0.0625. The van der Waals surface area contributed by atoms with Crippen molar-refractivity contribution in [1.82, 2.24) is 15.2 Å². The summed E-state index contributed by atoms with van der Waals surface area (Å²) in [5.41, 5.74) is 2.44. The van der Waals surface area contributed by atoms with Gasteiger partial charge in [0.25, 0.3) is 0 Å². The predicted octanol–water partition coefficient (Wildman–Crippen LogP) is 3.93. The fourth-order valence-corrected chi connectivity index (χ4v) is 3.92. The fourth-order valence-electron chi connectivity index (χ4n) is 2.29. The smallest absolute Gasteiger partial charge is 0.230 e. The molecule has 3 aromatic heterocycles. The number of nitrogens with one attached hydrogen (secondary N) is 2. The molecule has 5 nitrogen and oxygen atoms in total. The van der Waals surface area contributed by atoms with Crippen LogP contribution in [0.1, 0.15) is 5.69 Å². The van der Waals surface area contributed by atoms with Gasteiger partial charge in [0.15, 0.2) is 0 Å². The van der Waals surface area contributed by atoms with Gasteiger partial charge in [-0.2, -0.15) is 5.10 Å². The van der Waals surface area contributed by atoms with Gasteiger partial charge in [-0.15, -0.1) is 22.7 Å². The minimum atomic E-state index is -0.0769. The van der Waals surface area contributed by atoms with Gasteiger partial charge in [0.1, 0.15) is 5.01 Å². The van der Waals surface area contributed by atoms with Gasteiger partial charge < -0.3 is 5.32 Å². The van der Waals surface area contributed by atoms with Crippen LogP contribution in [0.4, 0.5) is 5.69 Å². The maximum Gasteiger partial charge on any atom is 0.230 e. The molecule has 0 spiro atoms. The van der Waals surface area contributed by atoms with Crippen molar-refractivity contribution in [2.75, 3.05) is 5.32 Å². The third kappa shape index (κ3) is 3.01. The van der Waals surface area contributed by atoms with Crippen LogP contribution in [0.5, 0.6) is 0 Å². The minimum absolute atomic E-state index is 0.0769. The second-order valence-electron chi connectivity index (χ2n) is 5.02. The largest absolute Gasteiger partial charge is 0.326 e. The molecule has 0 unspecified atom stereocenters. The highest BCUT2D eigenvalue weighted by atomic mass is 32.1. The van der Waals surface area contributed by atoms with Crippen molar-refractivity contribution in [3.63, 3.8) is 0 Å². The third-order valence-electron chi connectivity index (χ3n) is 3.35. The van der Waals surface area contributed by atoms with Gasteiger partial charge in [-0.25, -0.2) is 4.98 Å². The number of rotatable bonds is 4. The first-order valence-corrected chi connectivity index (χ1v) is 8.75. The van der Waals surface area contributed by atoms with E-state index >= 15 is 0 Å². The van der Waals surface area contributed by atoms with Gasteiger partial charge >= 0.3 is 0 Å². The number of fused-ring (bicyclic) bond motifs is 1. The van der Waals surface area contributed by atoms with Crippen LogP contribution >= 0.6 is 22.7 Å². The Morgan fingerprint density at radius 3 is 3.09 bits per heavy atom. The molecule has 0 atom stereocenters. The summed E-state index contributed by atoms with van der Waals surface area (Å²) in [7, 11) is 0. The van der Waals surface area contributed by atoms with Gasteiger partial charge in [-0.1, -0.05) is 6.07 Å². The van der Waals surface area contributed by atoms with Crippen molar-refractivity contribution in [2.24, 2.45) is 0 Å². The van der Waals surface area contributed by atoms with Crippen LogP contribution in [0.3, 0.4) is 0 Å². The topological polar surface area (TPSA) is 70.7 Å². The van der Waals surface area contributed by atoms with E-state index in [1.165, 1.54) is 0 Å². The third-order valence-corrected chi connectivity index (χ3v) is 5.28. The first kappa shape index (κ1) is 14.1. The number of hydrogen-bond acceptors (Lipinski definition) is 5. The first-order valence-electron chi connectivity index (χ1n) is 6.99. The van der Waals surface area contributed by atoms with Gasteiger partial charge in [-0.05, 0) is 29.6 Å². The summed E-state index contributed by atoms with van der Waals surface area (Å²) in [6.07, 6.45) is 2.02. The summed E-state index contributed by atoms with van der Waals surface area (Å²) in [4.78, 5) is 17.8. The maximum absolute atomic E-state index is 12.2. The van der Waals surface area contributed by atoms with Crippen LogP contribution in [0, 0.1) is 0 Å². The average Bonchev–Trinajstić information content (AvgIpc) is 3.27. The van der Waals surface area contributed by atoms with E-state index in [4.69, 9.17) is 0 Å². The first-order chi connectivity index (χ1) is 11.3. The zero-order valence-corrected chi connectivity index (χ0v) is 13.6. The molecule has 0 aliphatic carbocycles. The van der Waals surface area contributed by atoms with Crippen LogP contribution in [-0.4, -0.2) is 21.1 Å². The lowest BCUT2D eigenvalue weighted by molar-refractivity contribution is -0.115. The predicted molar refractivity (Wildman–Crippen MR) is 93.9 cm³/mol. The number of carbonyl (C=O) groups excluding carboxylic acids is 1. The molecule has 0 fully saturated rings. The molecule has 0 saturated heterocycles. The summed E-state index contributed by atoms with van der Waals surface area (Å²) in [5.74, 6) is -0.0769. The van der Waals surface area contributed by atoms with E-state index in [0.717, 1.165) is 32.2 Å². The number of aromatic nitrogens is 3. The van der Waals surface area contributed by atoms with Crippen LogP contribution in [0.25, 0.3) is 20.8 Å². The molecular weight excluding hydrogens is 328 g/mol. The Morgan fingerprint density at radius 1 is 1.26 bits per heavy atom. The summed E-state index contributed by atoms with van der Waals surface area (Å²) >= 11 is 3.22. The van der Waals surface area contributed by atoms with Crippen molar-refractivity contribution in [2.45, 2.75) is 6.42 Å². The van der Waals surface area contributed by atoms with Gasteiger partial charge in [0, 0.05) is 16.5 Å². The number of thiazole rings is 1. The number of benzene rings is 1. The van der Waals surface area contributed by atoms with Crippen molar-refractivity contribution in [3.05, 3.63) is 53.0 Å². The highest BCUT2D eigenvalue weighted by Crippen LogP contribution is 2.28. The van der Waals surface area contributed by atoms with E-state index in [2.05, 4.69) is 20.5 Å². The number of carbonyl (C=O) groups is 1. The summed E-state index contributed by atoms with van der Waals surface area (Å²) in [6, 6.07) is 9.70. The zero-order chi connectivity index (χ0) is 15.6. The highest BCUT2D eigenvalue weighted by Gasteiger charge is 2.10. The van der Waals surface area contributed by atoms with Crippen molar-refractivity contribution in [3.8, 4) is 9.88 Å². The van der Waals surface area contributed by atoms with Gasteiger partial charge in [0.2, 0.25) is 5.91 Å². The Labute approximate surface area is 140 Å². The molecule has 7 heteroatoms. The highest BCUT2D eigenvalue weighted by molar-refractivity contribution is 7.20. The second kappa shape index (κ2) is 5.94. The molecule has 0 saturated carbocycles. The van der Waals surface area contributed by atoms with Crippen molar-refractivity contribution < 1.29 is 4.79 Å². The SMILES string of the molecule is O=C(Cc1csc(-c2cccs2)n1)Nc1ccc2cn[nH]c2c1. The van der Waals surface area contributed by atoms with E-state index < -0.39 is 0 Å². The quantitative estimate of drug-likeness (QED) is 0.591. The molecule has 0 aliphatic heterocycles. The maximum atomic E-state index is 12.2. The second-order valence-corrected chi connectivity index (χ2v) is 6.82. The molecule has 0 radical (unpaired) electrons. The number of aromatic amines is 1. The van der Waals surface area contributed by atoms with E-state index in [0.29, 0.717) is 0 Å². The van der Waals surface area contributed by atoms with Crippen molar-refractivity contribution >= 4 is 45.2 Å². The van der Waals surface area contributed by atoms with Crippen LogP contribution in [0.15, 0.2) is 47.3 Å². The molecule has 2 N–H and O–H groups in total. The molecule has 23 heavy (non-hydrogen) atoms. The standard InChI is InChI=1S/C16H12N4OS2/c21-15(18-11-4-3-10-8-17-20-13(10)6-11)7-12-9-23-16(19-12)14-2-1-5-22-14/h1-6,8-9H,7H2,(H,17,20)(H,18,21). The monoisotopic (exact) mass is 340 g/mol. The van der Waals surface area contributed by atoms with E-state index in [1.807, 2.05) is 41.1 Å². The summed E-state index contributed by atoms with van der Waals surface area (Å²) in [5, 5.41) is 15.7. The molecule has 0 aliphatic rings. The lowest BCUT2D eigenvalue weighted by Crippen LogP contribution is -2.14. The minimum Gasteiger partial charge on any atom is -0.326 e. The Morgan fingerprint density at radius 2 is 2.22 bits per heavy atom. The number of thiophene rings is 1. The summed E-state index contributed by atoms with van der Waals surface area (Å²) in [6.45, 7) is 0. The molecule has 1 amide bonds. The number of amides is 1. The van der Waals surface area contributed by atoms with Gasteiger partial charge in [0.05, 0.1) is 28.7 Å². The van der Waals surface area contributed by atoms with Crippen LogP contribution in [-0.2, 0) is 11.2 Å². The Balaban J connectivity index is 1.45. The normalized spacial score (nSPS) is 11.0. The van der Waals surface area contributed by atoms with Crippen LogP contribution in [0.2, 0.25) is 0 Å². The van der Waals surface area contributed by atoms with E-state index in [-0.39, 0.29) is 12.3 Å². The van der Waals surface area contributed by atoms with E-state index in [9.17, 15) is 4.79 Å². The molecule has 4 aromatic rings. The zero-order valence-electron chi connectivity index (χ0n) is 11.9. The molecule has 1 aromatic carbocycles. The van der Waals surface area contributed by atoms with Crippen LogP contribution < -0.4 is 5.32 Å².